The zero-order chi connectivity index (χ0) is 15.9. The molecule has 0 N–H and O–H groups in total. The first kappa shape index (κ1) is 15.4. The molecule has 1 aromatic heterocycles. The van der Waals surface area contributed by atoms with Gasteiger partial charge in [-0.2, -0.15) is 0 Å². The van der Waals surface area contributed by atoms with Gasteiger partial charge in [0.05, 0.1) is 22.0 Å². The maximum absolute atomic E-state index is 14.2. The summed E-state index contributed by atoms with van der Waals surface area (Å²) in [5.41, 5.74) is 0.148. The predicted octanol–water partition coefficient (Wildman–Crippen LogP) is 2.80. The largest absolute Gasteiger partial charge is 0.360 e. The number of hydrogen-bond acceptors (Lipinski definition) is 5. The topological polar surface area (TPSA) is 77.2 Å². The molecule has 0 bridgehead atoms. The Hall–Kier alpha value is -1.54. The summed E-state index contributed by atoms with van der Waals surface area (Å²) in [5, 5.41) is 3.64. The molecule has 1 aliphatic carbocycles. The van der Waals surface area contributed by atoms with Gasteiger partial charge >= 0.3 is 0 Å². The van der Waals surface area contributed by atoms with Gasteiger partial charge < -0.3 is 4.52 Å². The number of aromatic nitrogens is 1. The molecule has 1 fully saturated rings. The highest BCUT2D eigenvalue weighted by atomic mass is 79.9. The zero-order valence-electron chi connectivity index (χ0n) is 11.2. The second-order valence-electron chi connectivity index (χ2n) is 5.09. The van der Waals surface area contributed by atoms with Crippen LogP contribution in [0, 0.1) is 5.82 Å². The molecule has 0 amide bonds. The van der Waals surface area contributed by atoms with E-state index in [1.807, 2.05) is 0 Å². The number of benzene rings is 1. The van der Waals surface area contributed by atoms with Crippen molar-refractivity contribution in [2.24, 2.45) is 0 Å². The standard InChI is InChI=1S/C14H11BrFNO4S/c15-11-4-3-8(10(12(11)16)6-22(19)20)13(18)9-5-17-21-14(9)7-1-2-7/h3-5,7,22H,1-2,6H2. The van der Waals surface area contributed by atoms with E-state index in [0.29, 0.717) is 5.76 Å². The Morgan fingerprint density at radius 1 is 1.36 bits per heavy atom. The van der Waals surface area contributed by atoms with Crippen molar-refractivity contribution in [1.82, 2.24) is 5.16 Å². The molecule has 1 saturated carbocycles. The Kier molecular flexibility index (Phi) is 4.14. The summed E-state index contributed by atoms with van der Waals surface area (Å²) < 4.78 is 41.4. The van der Waals surface area contributed by atoms with Gasteiger partial charge in [-0.25, -0.2) is 12.8 Å². The Morgan fingerprint density at radius 2 is 2.09 bits per heavy atom. The molecule has 3 rings (SSSR count). The van der Waals surface area contributed by atoms with E-state index in [1.54, 1.807) is 0 Å². The highest BCUT2D eigenvalue weighted by molar-refractivity contribution is 9.10. The molecule has 2 aromatic rings. The van der Waals surface area contributed by atoms with Gasteiger partial charge in [0.15, 0.2) is 11.5 Å². The van der Waals surface area contributed by atoms with Crippen LogP contribution in [0.5, 0.6) is 0 Å². The van der Waals surface area contributed by atoms with Crippen LogP contribution in [0.1, 0.15) is 46.0 Å². The summed E-state index contributed by atoms with van der Waals surface area (Å²) in [6.45, 7) is 0. The van der Waals surface area contributed by atoms with Gasteiger partial charge in [-0.15, -0.1) is 0 Å². The van der Waals surface area contributed by atoms with Crippen molar-refractivity contribution < 1.29 is 22.1 Å². The van der Waals surface area contributed by atoms with Gasteiger partial charge in [0, 0.05) is 17.0 Å². The highest BCUT2D eigenvalue weighted by Gasteiger charge is 2.33. The monoisotopic (exact) mass is 387 g/mol. The van der Waals surface area contributed by atoms with E-state index >= 15 is 0 Å². The van der Waals surface area contributed by atoms with E-state index in [1.165, 1.54) is 18.3 Å². The van der Waals surface area contributed by atoms with Crippen molar-refractivity contribution in [3.63, 3.8) is 0 Å². The molecule has 116 valence electrons. The molecule has 0 radical (unpaired) electrons. The summed E-state index contributed by atoms with van der Waals surface area (Å²) >= 11 is 3.00. The van der Waals surface area contributed by atoms with Gasteiger partial charge in [-0.05, 0) is 40.9 Å². The van der Waals surface area contributed by atoms with E-state index in [4.69, 9.17) is 4.52 Å². The summed E-state index contributed by atoms with van der Waals surface area (Å²) in [7, 11) is -2.86. The molecule has 1 aliphatic rings. The zero-order valence-corrected chi connectivity index (χ0v) is 13.7. The Labute approximate surface area is 135 Å². The maximum Gasteiger partial charge on any atom is 0.198 e. The number of carbonyl (C=O) groups is 1. The van der Waals surface area contributed by atoms with Gasteiger partial charge in [-0.3, -0.25) is 4.79 Å². The third kappa shape index (κ3) is 2.85. The average molecular weight is 388 g/mol. The molecule has 5 nitrogen and oxygen atoms in total. The minimum absolute atomic E-state index is 0.0185. The van der Waals surface area contributed by atoms with Crippen LogP contribution in [0.3, 0.4) is 0 Å². The first-order valence-corrected chi connectivity index (χ1v) is 8.72. The van der Waals surface area contributed by atoms with Crippen LogP contribution in [-0.4, -0.2) is 19.4 Å². The fourth-order valence-electron chi connectivity index (χ4n) is 2.29. The quantitative estimate of drug-likeness (QED) is 0.630. The first-order chi connectivity index (χ1) is 10.5. The molecule has 0 unspecified atom stereocenters. The van der Waals surface area contributed by atoms with Gasteiger partial charge in [-0.1, -0.05) is 5.16 Å². The number of nitrogens with zero attached hydrogens (tertiary/aromatic N) is 1. The van der Waals surface area contributed by atoms with Crippen LogP contribution in [0.4, 0.5) is 4.39 Å². The lowest BCUT2D eigenvalue weighted by Crippen LogP contribution is -2.09. The van der Waals surface area contributed by atoms with E-state index in [-0.39, 0.29) is 27.1 Å². The van der Waals surface area contributed by atoms with Crippen molar-refractivity contribution >= 4 is 32.4 Å². The summed E-state index contributed by atoms with van der Waals surface area (Å²) in [4.78, 5) is 12.6. The molecule has 0 saturated heterocycles. The lowest BCUT2D eigenvalue weighted by Gasteiger charge is -2.08. The fraction of sp³-hybridized carbons (Fsp3) is 0.286. The summed E-state index contributed by atoms with van der Waals surface area (Å²) in [6.07, 6.45) is 3.14. The molecule has 22 heavy (non-hydrogen) atoms. The molecule has 1 aromatic carbocycles. The second-order valence-corrected chi connectivity index (χ2v) is 6.92. The predicted molar refractivity (Wildman–Crippen MR) is 80.0 cm³/mol. The molecule has 0 spiro atoms. The van der Waals surface area contributed by atoms with Gasteiger partial charge in [0.25, 0.3) is 0 Å². The Morgan fingerprint density at radius 3 is 2.73 bits per heavy atom. The summed E-state index contributed by atoms with van der Waals surface area (Å²) in [5.74, 6) is -1.09. The lowest BCUT2D eigenvalue weighted by molar-refractivity contribution is 0.103. The smallest absolute Gasteiger partial charge is 0.198 e. The number of rotatable bonds is 5. The SMILES string of the molecule is O=C(c1cnoc1C1CC1)c1ccc(Br)c(F)c1C[SH](=O)=O. The minimum Gasteiger partial charge on any atom is -0.360 e. The number of ketones is 1. The third-order valence-electron chi connectivity index (χ3n) is 3.52. The molecule has 0 atom stereocenters. The minimum atomic E-state index is -2.86. The van der Waals surface area contributed by atoms with Crippen LogP contribution in [-0.2, 0) is 16.5 Å². The van der Waals surface area contributed by atoms with Gasteiger partial charge in [0.2, 0.25) is 0 Å². The molecular formula is C14H11BrFNO4S. The van der Waals surface area contributed by atoms with E-state index in [2.05, 4.69) is 21.1 Å². The van der Waals surface area contributed by atoms with Crippen molar-refractivity contribution in [3.8, 4) is 0 Å². The van der Waals surface area contributed by atoms with Crippen LogP contribution < -0.4 is 0 Å². The number of hydrogen-bond donors (Lipinski definition) is 1. The van der Waals surface area contributed by atoms with E-state index < -0.39 is 28.1 Å². The third-order valence-corrected chi connectivity index (χ3v) is 4.71. The van der Waals surface area contributed by atoms with Crippen LogP contribution in [0.2, 0.25) is 0 Å². The maximum atomic E-state index is 14.2. The normalized spacial score (nSPS) is 14.5. The Bertz CT molecular complexity index is 818. The van der Waals surface area contributed by atoms with E-state index in [9.17, 15) is 17.6 Å². The molecule has 0 aliphatic heterocycles. The van der Waals surface area contributed by atoms with Crippen LogP contribution in [0.15, 0.2) is 27.3 Å². The van der Waals surface area contributed by atoms with Crippen LogP contribution >= 0.6 is 15.9 Å². The lowest BCUT2D eigenvalue weighted by atomic mass is 9.98. The highest BCUT2D eigenvalue weighted by Crippen LogP contribution is 2.42. The van der Waals surface area contributed by atoms with Gasteiger partial charge in [0.1, 0.15) is 16.5 Å². The number of halogens is 2. The molecular weight excluding hydrogens is 377 g/mol. The fourth-order valence-corrected chi connectivity index (χ4v) is 3.23. The molecule has 1 heterocycles. The van der Waals surface area contributed by atoms with Crippen molar-refractivity contribution in [2.75, 3.05) is 0 Å². The summed E-state index contributed by atoms with van der Waals surface area (Å²) in [6, 6.07) is 2.79. The van der Waals surface area contributed by atoms with Crippen molar-refractivity contribution in [2.45, 2.75) is 24.5 Å². The van der Waals surface area contributed by atoms with Crippen molar-refractivity contribution in [3.05, 3.63) is 51.1 Å². The average Bonchev–Trinajstić information content (AvgIpc) is 3.20. The molecule has 8 heteroatoms. The number of carbonyl (C=O) groups excluding carboxylic acids is 1. The van der Waals surface area contributed by atoms with Crippen LogP contribution in [0.25, 0.3) is 0 Å². The van der Waals surface area contributed by atoms with Crippen molar-refractivity contribution in [1.29, 1.82) is 0 Å². The second kappa shape index (κ2) is 5.92. The first-order valence-electron chi connectivity index (χ1n) is 6.57. The Balaban J connectivity index is 2.08. The number of thiol groups is 1. The van der Waals surface area contributed by atoms with E-state index in [0.717, 1.165) is 12.8 Å².